The normalized spacial score (nSPS) is 30.5. The second-order valence-corrected chi connectivity index (χ2v) is 10.9. The number of alkyl halides is 6. The van der Waals surface area contributed by atoms with E-state index in [1.54, 1.807) is 0 Å². The van der Waals surface area contributed by atoms with Crippen molar-refractivity contribution in [3.63, 3.8) is 0 Å². The van der Waals surface area contributed by atoms with Gasteiger partial charge < -0.3 is 20.5 Å². The predicted molar refractivity (Wildman–Crippen MR) is 123 cm³/mol. The second-order valence-electron chi connectivity index (χ2n) is 10.9. The molecule has 1 aliphatic carbocycles. The monoisotopic (exact) mass is 564 g/mol. The molecule has 9 nitrogen and oxygen atoms in total. The maximum Gasteiger partial charge on any atom is 0.271 e. The molecule has 3 fully saturated rings. The molecule has 4 heterocycles. The first kappa shape index (κ1) is 28.0. The number of piperidine rings is 1. The highest BCUT2D eigenvalue weighted by Gasteiger charge is 2.49. The molecule has 15 heteroatoms. The van der Waals surface area contributed by atoms with E-state index in [1.165, 1.54) is 21.8 Å². The summed E-state index contributed by atoms with van der Waals surface area (Å²) in [6.45, 7) is -1.20. The molecule has 2 saturated heterocycles. The number of imidazole rings is 1. The van der Waals surface area contributed by atoms with Crippen LogP contribution in [0.4, 0.5) is 26.3 Å². The van der Waals surface area contributed by atoms with Crippen molar-refractivity contribution in [2.24, 2.45) is 11.7 Å². The number of hydrogen-bond donors (Lipinski definition) is 2. The first-order valence-electron chi connectivity index (χ1n) is 12.9. The average Bonchev–Trinajstić information content (AvgIpc) is 3.31. The van der Waals surface area contributed by atoms with Gasteiger partial charge in [0.05, 0.1) is 35.9 Å². The maximum absolute atomic E-state index is 13.8. The lowest BCUT2D eigenvalue weighted by atomic mass is 9.81. The highest BCUT2D eigenvalue weighted by molar-refractivity contribution is 5.81. The second kappa shape index (κ2) is 10.1. The van der Waals surface area contributed by atoms with Gasteiger partial charge in [0.15, 0.2) is 0 Å². The van der Waals surface area contributed by atoms with Crippen LogP contribution in [0.5, 0.6) is 0 Å². The van der Waals surface area contributed by atoms with E-state index in [0.29, 0.717) is 5.69 Å². The molecule has 2 aromatic heterocycles. The largest absolute Gasteiger partial charge is 0.384 e. The van der Waals surface area contributed by atoms with Crippen molar-refractivity contribution in [2.45, 2.75) is 93.4 Å². The lowest BCUT2D eigenvalue weighted by Gasteiger charge is -2.44. The molecule has 1 amide bonds. The molecular weight excluding hydrogens is 534 g/mol. The summed E-state index contributed by atoms with van der Waals surface area (Å²) in [4.78, 5) is 23.2. The molecule has 2 aromatic rings. The molecule has 0 bridgehead atoms. The number of likely N-dealkylation sites (tertiary alicyclic amines) is 1. The van der Waals surface area contributed by atoms with Crippen LogP contribution in [0.1, 0.15) is 74.8 Å². The number of carbonyl (C=O) groups excluding carboxylic acids is 1. The minimum atomic E-state index is -3.10. The van der Waals surface area contributed by atoms with Gasteiger partial charge in [-0.1, -0.05) is 0 Å². The highest BCUT2D eigenvalue weighted by atomic mass is 19.3. The average molecular weight is 565 g/mol. The van der Waals surface area contributed by atoms with Crippen LogP contribution in [-0.2, 0) is 9.53 Å². The van der Waals surface area contributed by atoms with Crippen LogP contribution < -0.4 is 5.73 Å². The first-order valence-corrected chi connectivity index (χ1v) is 12.9. The Labute approximate surface area is 219 Å². The zero-order valence-electron chi connectivity index (χ0n) is 21.0. The Hall–Kier alpha value is -2.52. The number of ether oxygens (including phenoxy) is 1. The van der Waals surface area contributed by atoms with Gasteiger partial charge >= 0.3 is 0 Å². The summed E-state index contributed by atoms with van der Waals surface area (Å²) in [6, 6.07) is -1.80. The molecule has 3 N–H and O–H groups in total. The van der Waals surface area contributed by atoms with E-state index in [-0.39, 0.29) is 56.0 Å². The van der Waals surface area contributed by atoms with Gasteiger partial charge in [0.25, 0.3) is 24.0 Å². The van der Waals surface area contributed by atoms with Crippen LogP contribution in [-0.4, -0.2) is 78.6 Å². The van der Waals surface area contributed by atoms with E-state index in [2.05, 4.69) is 15.1 Å². The van der Waals surface area contributed by atoms with Gasteiger partial charge in [-0.3, -0.25) is 4.79 Å². The summed E-state index contributed by atoms with van der Waals surface area (Å²) in [5.41, 5.74) is 4.36. The van der Waals surface area contributed by atoms with Crippen molar-refractivity contribution in [1.82, 2.24) is 24.5 Å². The van der Waals surface area contributed by atoms with Gasteiger partial charge in [0.1, 0.15) is 18.3 Å². The summed E-state index contributed by atoms with van der Waals surface area (Å²) in [5, 5.41) is 14.8. The highest BCUT2D eigenvalue weighted by Crippen LogP contribution is 2.42. The van der Waals surface area contributed by atoms with E-state index < -0.39 is 73.8 Å². The van der Waals surface area contributed by atoms with Crippen molar-refractivity contribution >= 4 is 11.7 Å². The minimum Gasteiger partial charge on any atom is -0.384 e. The number of rotatable bonds is 5. The van der Waals surface area contributed by atoms with Gasteiger partial charge in [-0.25, -0.2) is 40.8 Å². The van der Waals surface area contributed by atoms with Crippen molar-refractivity contribution in [2.75, 3.05) is 13.2 Å². The Bertz CT molecular complexity index is 1190. The van der Waals surface area contributed by atoms with E-state index in [0.717, 1.165) is 0 Å². The zero-order chi connectivity index (χ0) is 28.2. The summed E-state index contributed by atoms with van der Waals surface area (Å²) in [6.07, 6.45) is -3.36. The molecule has 216 valence electrons. The van der Waals surface area contributed by atoms with Crippen LogP contribution in [0.2, 0.25) is 0 Å². The zero-order valence-corrected chi connectivity index (χ0v) is 21.0. The Morgan fingerprint density at radius 2 is 1.77 bits per heavy atom. The molecule has 5 rings (SSSR count). The van der Waals surface area contributed by atoms with E-state index in [1.807, 2.05) is 0 Å². The molecule has 0 aromatic carbocycles. The van der Waals surface area contributed by atoms with Crippen molar-refractivity contribution < 1.29 is 41.0 Å². The van der Waals surface area contributed by atoms with Gasteiger partial charge in [-0.05, 0) is 31.6 Å². The van der Waals surface area contributed by atoms with Gasteiger partial charge in [0, 0.05) is 32.2 Å². The third-order valence-corrected chi connectivity index (χ3v) is 8.13. The molecule has 0 radical (unpaired) electrons. The number of fused-ring (bicyclic) bond motifs is 1. The van der Waals surface area contributed by atoms with Crippen LogP contribution in [0, 0.1) is 5.92 Å². The summed E-state index contributed by atoms with van der Waals surface area (Å²) in [5.74, 6) is -6.59. The fraction of sp³-hybridized carbons (Fsp3) is 0.750. The predicted octanol–water partition coefficient (Wildman–Crippen LogP) is 3.42. The van der Waals surface area contributed by atoms with Gasteiger partial charge in [-0.2, -0.15) is 5.10 Å². The molecule has 4 atom stereocenters. The lowest BCUT2D eigenvalue weighted by molar-refractivity contribution is -0.182. The Kier molecular flexibility index (Phi) is 7.29. The number of halogens is 6. The molecule has 2 aliphatic heterocycles. The SMILES string of the molecule is N[C@H](c1cn2ncc(C3CC(O)(C(F)F)CCN3C(=O)[C@@H]3CCC(F)(F)CO3)nc2n1)C1CCC(F)(F)CC1. The van der Waals surface area contributed by atoms with Crippen LogP contribution in [0.25, 0.3) is 5.78 Å². The molecule has 39 heavy (non-hydrogen) atoms. The number of hydrogen-bond acceptors (Lipinski definition) is 7. The van der Waals surface area contributed by atoms with Gasteiger partial charge in [-0.15, -0.1) is 0 Å². The smallest absolute Gasteiger partial charge is 0.271 e. The van der Waals surface area contributed by atoms with E-state index in [4.69, 9.17) is 10.5 Å². The lowest BCUT2D eigenvalue weighted by Crippen LogP contribution is -2.55. The number of nitrogens with two attached hydrogens (primary N) is 1. The number of aromatic nitrogens is 4. The fourth-order valence-corrected chi connectivity index (χ4v) is 5.63. The van der Waals surface area contributed by atoms with Crippen molar-refractivity contribution in [1.29, 1.82) is 0 Å². The summed E-state index contributed by atoms with van der Waals surface area (Å²) >= 11 is 0. The van der Waals surface area contributed by atoms with Gasteiger partial charge in [0.2, 0.25) is 5.92 Å². The Morgan fingerprint density at radius 1 is 1.08 bits per heavy atom. The third kappa shape index (κ3) is 5.71. The molecule has 0 spiro atoms. The van der Waals surface area contributed by atoms with Crippen LogP contribution in [0.15, 0.2) is 12.4 Å². The number of aliphatic hydroxyl groups is 1. The summed E-state index contributed by atoms with van der Waals surface area (Å²) in [7, 11) is 0. The standard InChI is InChI=1S/C24H30F6N6O3/c25-20(26)22(38)7-8-35(19(37)17-3-6-24(29,30)12-39-17)16(9-22)14-10-32-36-11-15(34-21(36)33-14)18(31)13-1-4-23(27,28)5-2-13/h10-11,13,16-18,20,38H,1-9,12,31H2/t16?,17-,18-,22?/m0/s1. The molecule has 3 aliphatic rings. The summed E-state index contributed by atoms with van der Waals surface area (Å²) < 4.78 is 88.1. The minimum absolute atomic E-state index is 0.0474. The third-order valence-electron chi connectivity index (χ3n) is 8.13. The van der Waals surface area contributed by atoms with E-state index in [9.17, 15) is 36.2 Å². The van der Waals surface area contributed by atoms with Crippen LogP contribution in [0.3, 0.4) is 0 Å². The van der Waals surface area contributed by atoms with Crippen molar-refractivity contribution in [3.8, 4) is 0 Å². The number of nitrogens with zero attached hydrogens (tertiary/aromatic N) is 5. The molecule has 2 unspecified atom stereocenters. The van der Waals surface area contributed by atoms with Crippen molar-refractivity contribution in [3.05, 3.63) is 23.8 Å². The Morgan fingerprint density at radius 3 is 2.41 bits per heavy atom. The fourth-order valence-electron chi connectivity index (χ4n) is 5.63. The maximum atomic E-state index is 13.8. The Balaban J connectivity index is 1.40. The topological polar surface area (TPSA) is 119 Å². The van der Waals surface area contributed by atoms with E-state index >= 15 is 0 Å². The molecule has 1 saturated carbocycles. The quantitative estimate of drug-likeness (QED) is 0.535. The molecular formula is C24H30F6N6O3. The number of amides is 1. The number of carbonyl (C=O) groups is 1. The van der Waals surface area contributed by atoms with Crippen LogP contribution >= 0.6 is 0 Å². The first-order chi connectivity index (χ1) is 18.3.